The van der Waals surface area contributed by atoms with Crippen molar-refractivity contribution in [2.24, 2.45) is 0 Å². The molecule has 0 atom stereocenters. The second-order valence-electron chi connectivity index (χ2n) is 2.80. The lowest BCUT2D eigenvalue weighted by atomic mass is 10.1. The van der Waals surface area contributed by atoms with E-state index in [1.807, 2.05) is 18.2 Å². The van der Waals surface area contributed by atoms with Crippen molar-refractivity contribution in [3.05, 3.63) is 47.0 Å². The zero-order chi connectivity index (χ0) is 9.68. The highest BCUT2D eigenvalue weighted by molar-refractivity contribution is 6.33. The molecule has 0 spiro atoms. The second-order valence-corrected chi connectivity index (χ2v) is 3.21. The van der Waals surface area contributed by atoms with Crippen molar-refractivity contribution in [1.29, 1.82) is 0 Å². The van der Waals surface area contributed by atoms with E-state index in [4.69, 9.17) is 11.6 Å². The van der Waals surface area contributed by atoms with Crippen LogP contribution >= 0.6 is 11.6 Å². The normalized spacial score (nSPS) is 9.62. The van der Waals surface area contributed by atoms with Gasteiger partial charge in [-0.15, -0.1) is 6.58 Å². The molecule has 0 saturated carbocycles. The van der Waals surface area contributed by atoms with Crippen LogP contribution in [0.2, 0.25) is 5.02 Å². The van der Waals surface area contributed by atoms with Gasteiger partial charge in [-0.3, -0.25) is 4.79 Å². The average Bonchev–Trinajstić information content (AvgIpc) is 2.15. The summed E-state index contributed by atoms with van der Waals surface area (Å²) in [6, 6.07) is 5.49. The maximum atomic E-state index is 10.5. The summed E-state index contributed by atoms with van der Waals surface area (Å²) in [6.45, 7) is 3.64. The Bertz CT molecular complexity index is 318. The van der Waals surface area contributed by atoms with Crippen molar-refractivity contribution in [2.45, 2.75) is 12.8 Å². The van der Waals surface area contributed by atoms with Crippen LogP contribution < -0.4 is 0 Å². The third-order valence-electron chi connectivity index (χ3n) is 1.83. The lowest BCUT2D eigenvalue weighted by Crippen LogP contribution is -1.87. The lowest BCUT2D eigenvalue weighted by Gasteiger charge is -2.00. The van der Waals surface area contributed by atoms with Gasteiger partial charge in [0, 0.05) is 5.56 Å². The number of aldehydes is 1. The van der Waals surface area contributed by atoms with E-state index in [1.165, 1.54) is 0 Å². The van der Waals surface area contributed by atoms with Crippen LogP contribution in [0, 0.1) is 0 Å². The largest absolute Gasteiger partial charge is 0.298 e. The molecule has 0 unspecified atom stereocenters. The molecule has 0 fully saturated rings. The molecule has 0 bridgehead atoms. The van der Waals surface area contributed by atoms with E-state index >= 15 is 0 Å². The number of hydrogen-bond acceptors (Lipinski definition) is 1. The zero-order valence-electron chi connectivity index (χ0n) is 7.29. The van der Waals surface area contributed by atoms with Crippen molar-refractivity contribution < 1.29 is 4.79 Å². The maximum Gasteiger partial charge on any atom is 0.151 e. The summed E-state index contributed by atoms with van der Waals surface area (Å²) >= 11 is 5.85. The van der Waals surface area contributed by atoms with Gasteiger partial charge >= 0.3 is 0 Å². The van der Waals surface area contributed by atoms with E-state index in [1.54, 1.807) is 6.07 Å². The van der Waals surface area contributed by atoms with Gasteiger partial charge in [-0.1, -0.05) is 23.7 Å². The lowest BCUT2D eigenvalue weighted by molar-refractivity contribution is 0.112. The summed E-state index contributed by atoms with van der Waals surface area (Å²) in [5.74, 6) is 0. The number of carbonyl (C=O) groups is 1. The van der Waals surface area contributed by atoms with Crippen LogP contribution in [-0.4, -0.2) is 6.29 Å². The topological polar surface area (TPSA) is 17.1 Å². The van der Waals surface area contributed by atoms with Gasteiger partial charge in [0.2, 0.25) is 0 Å². The van der Waals surface area contributed by atoms with E-state index < -0.39 is 0 Å². The van der Waals surface area contributed by atoms with Crippen molar-refractivity contribution in [3.8, 4) is 0 Å². The Morgan fingerprint density at radius 3 is 2.77 bits per heavy atom. The molecule has 0 aliphatic carbocycles. The molecule has 0 saturated heterocycles. The van der Waals surface area contributed by atoms with Crippen LogP contribution in [-0.2, 0) is 6.42 Å². The molecule has 0 aliphatic rings. The standard InChI is InChI=1S/C11H11ClO/c1-2-3-4-9-5-6-10(8-13)11(12)7-9/h2,5-8H,1,3-4H2. The molecule has 1 rings (SSSR count). The fourth-order valence-electron chi connectivity index (χ4n) is 1.09. The predicted octanol–water partition coefficient (Wildman–Crippen LogP) is 3.27. The number of aryl methyl sites for hydroxylation is 1. The van der Waals surface area contributed by atoms with Crippen LogP contribution in [0.1, 0.15) is 22.3 Å². The predicted molar refractivity (Wildman–Crippen MR) is 55.4 cm³/mol. The van der Waals surface area contributed by atoms with Gasteiger partial charge in [-0.05, 0) is 30.5 Å². The van der Waals surface area contributed by atoms with Crippen molar-refractivity contribution >= 4 is 17.9 Å². The Labute approximate surface area is 83.0 Å². The Kier molecular flexibility index (Phi) is 3.71. The molecule has 2 heteroatoms. The number of hydrogen-bond donors (Lipinski definition) is 0. The first-order chi connectivity index (χ1) is 6.27. The fourth-order valence-corrected chi connectivity index (χ4v) is 1.34. The first kappa shape index (κ1) is 10.0. The summed E-state index contributed by atoms with van der Waals surface area (Å²) in [5, 5.41) is 0.525. The van der Waals surface area contributed by atoms with Gasteiger partial charge in [-0.2, -0.15) is 0 Å². The van der Waals surface area contributed by atoms with Gasteiger partial charge < -0.3 is 0 Å². The van der Waals surface area contributed by atoms with E-state index in [-0.39, 0.29) is 0 Å². The summed E-state index contributed by atoms with van der Waals surface area (Å²) < 4.78 is 0. The van der Waals surface area contributed by atoms with Crippen LogP contribution in [0.15, 0.2) is 30.9 Å². The summed E-state index contributed by atoms with van der Waals surface area (Å²) in [7, 11) is 0. The molecular weight excluding hydrogens is 184 g/mol. The van der Waals surface area contributed by atoms with Crippen LogP contribution in [0.3, 0.4) is 0 Å². The molecule has 0 amide bonds. The van der Waals surface area contributed by atoms with Crippen molar-refractivity contribution in [3.63, 3.8) is 0 Å². The summed E-state index contributed by atoms with van der Waals surface area (Å²) in [4.78, 5) is 10.5. The minimum atomic E-state index is 0.525. The summed E-state index contributed by atoms with van der Waals surface area (Å²) in [6.07, 6.45) is 4.47. The van der Waals surface area contributed by atoms with E-state index in [9.17, 15) is 4.79 Å². The highest BCUT2D eigenvalue weighted by atomic mass is 35.5. The third-order valence-corrected chi connectivity index (χ3v) is 2.16. The third kappa shape index (κ3) is 2.71. The molecule has 13 heavy (non-hydrogen) atoms. The first-order valence-corrected chi connectivity index (χ1v) is 4.50. The maximum absolute atomic E-state index is 10.5. The molecule has 1 aromatic rings. The Hall–Kier alpha value is -1.08. The molecule has 0 radical (unpaired) electrons. The monoisotopic (exact) mass is 194 g/mol. The van der Waals surface area contributed by atoms with Gasteiger partial charge in [0.25, 0.3) is 0 Å². The number of carbonyl (C=O) groups excluding carboxylic acids is 1. The van der Waals surface area contributed by atoms with Crippen LogP contribution in [0.5, 0.6) is 0 Å². The SMILES string of the molecule is C=CCCc1ccc(C=O)c(Cl)c1. The minimum absolute atomic E-state index is 0.525. The van der Waals surface area contributed by atoms with E-state index in [0.717, 1.165) is 24.7 Å². The minimum Gasteiger partial charge on any atom is -0.298 e. The van der Waals surface area contributed by atoms with E-state index in [2.05, 4.69) is 6.58 Å². The molecule has 0 aromatic heterocycles. The first-order valence-electron chi connectivity index (χ1n) is 4.12. The van der Waals surface area contributed by atoms with Gasteiger partial charge in [0.15, 0.2) is 6.29 Å². The number of benzene rings is 1. The molecule has 0 aliphatic heterocycles. The van der Waals surface area contributed by atoms with Gasteiger partial charge in [-0.25, -0.2) is 0 Å². The highest BCUT2D eigenvalue weighted by Gasteiger charge is 1.99. The van der Waals surface area contributed by atoms with E-state index in [0.29, 0.717) is 10.6 Å². The van der Waals surface area contributed by atoms with Crippen molar-refractivity contribution in [2.75, 3.05) is 0 Å². The molecule has 1 nitrogen and oxygen atoms in total. The molecule has 1 aromatic carbocycles. The Morgan fingerprint density at radius 1 is 1.46 bits per heavy atom. The smallest absolute Gasteiger partial charge is 0.151 e. The molecule has 0 N–H and O–H groups in total. The summed E-state index contributed by atoms with van der Waals surface area (Å²) in [5.41, 5.74) is 1.68. The van der Waals surface area contributed by atoms with Gasteiger partial charge in [0.05, 0.1) is 5.02 Å². The quantitative estimate of drug-likeness (QED) is 0.531. The average molecular weight is 195 g/mol. The highest BCUT2D eigenvalue weighted by Crippen LogP contribution is 2.17. The molecular formula is C11H11ClO. The van der Waals surface area contributed by atoms with Crippen LogP contribution in [0.25, 0.3) is 0 Å². The van der Waals surface area contributed by atoms with Crippen molar-refractivity contribution in [1.82, 2.24) is 0 Å². The number of halogens is 1. The fraction of sp³-hybridized carbons (Fsp3) is 0.182. The molecule has 68 valence electrons. The Morgan fingerprint density at radius 2 is 2.23 bits per heavy atom. The number of rotatable bonds is 4. The van der Waals surface area contributed by atoms with Gasteiger partial charge in [0.1, 0.15) is 0 Å². The van der Waals surface area contributed by atoms with Crippen LogP contribution in [0.4, 0.5) is 0 Å². The zero-order valence-corrected chi connectivity index (χ0v) is 8.05. The second kappa shape index (κ2) is 4.83. The molecule has 0 heterocycles. The number of allylic oxidation sites excluding steroid dienone is 1. The Balaban J connectivity index is 2.82.